The second kappa shape index (κ2) is 6.50. The first-order chi connectivity index (χ1) is 13.9. The van der Waals surface area contributed by atoms with Crippen molar-refractivity contribution in [1.29, 1.82) is 0 Å². The highest BCUT2D eigenvalue weighted by atomic mass is 16.7. The first kappa shape index (κ1) is 18.0. The number of carbonyl (C=O) groups excluding carboxylic acids is 1. The lowest BCUT2D eigenvalue weighted by Gasteiger charge is -2.39. The van der Waals surface area contributed by atoms with Crippen molar-refractivity contribution in [2.75, 3.05) is 6.79 Å². The largest absolute Gasteiger partial charge is 0.454 e. The second-order valence-corrected chi connectivity index (χ2v) is 8.12. The quantitative estimate of drug-likeness (QED) is 0.665. The molecule has 2 atom stereocenters. The number of rotatable bonds is 2. The Kier molecular flexibility index (Phi) is 4.04. The van der Waals surface area contributed by atoms with Crippen LogP contribution < -0.4 is 15.2 Å². The Morgan fingerprint density at radius 1 is 1.14 bits per heavy atom. The third kappa shape index (κ3) is 2.77. The van der Waals surface area contributed by atoms with Gasteiger partial charge in [0.05, 0.1) is 5.52 Å². The fourth-order valence-electron chi connectivity index (χ4n) is 4.66. The Balaban J connectivity index is 1.60. The molecule has 29 heavy (non-hydrogen) atoms. The molecule has 3 aromatic rings. The van der Waals surface area contributed by atoms with Gasteiger partial charge in [-0.1, -0.05) is 0 Å². The summed E-state index contributed by atoms with van der Waals surface area (Å²) in [6.45, 7) is 6.16. The van der Waals surface area contributed by atoms with Crippen LogP contribution in [0.3, 0.4) is 0 Å². The van der Waals surface area contributed by atoms with E-state index >= 15 is 0 Å². The highest BCUT2D eigenvalue weighted by molar-refractivity contribution is 5.87. The van der Waals surface area contributed by atoms with E-state index in [-0.39, 0.29) is 37.0 Å². The van der Waals surface area contributed by atoms with Crippen molar-refractivity contribution in [2.24, 2.45) is 0 Å². The molecule has 1 saturated heterocycles. The summed E-state index contributed by atoms with van der Waals surface area (Å²) in [5.74, 6) is 1.21. The van der Waals surface area contributed by atoms with Crippen LogP contribution in [0, 0.1) is 6.92 Å². The molecule has 1 amide bonds. The minimum atomic E-state index is -0.321. The normalized spacial score (nSPS) is 21.3. The van der Waals surface area contributed by atoms with Gasteiger partial charge in [-0.25, -0.2) is 13.9 Å². The number of piperidine rings is 1. The Hall–Kier alpha value is -3.03. The van der Waals surface area contributed by atoms with E-state index in [2.05, 4.69) is 18.9 Å². The zero-order chi connectivity index (χ0) is 20.3. The van der Waals surface area contributed by atoms with Crippen LogP contribution in [0.25, 0.3) is 16.6 Å². The molecular formula is C21H24N4O4. The molecule has 0 unspecified atom stereocenters. The summed E-state index contributed by atoms with van der Waals surface area (Å²) < 4.78 is 13.8. The number of ether oxygens (including phenoxy) is 2. The van der Waals surface area contributed by atoms with Crippen molar-refractivity contribution in [3.63, 3.8) is 0 Å². The lowest BCUT2D eigenvalue weighted by atomic mass is 9.97. The summed E-state index contributed by atoms with van der Waals surface area (Å²) in [5, 5.41) is 5.35. The molecular weight excluding hydrogens is 372 g/mol. The molecule has 152 valence electrons. The van der Waals surface area contributed by atoms with Crippen molar-refractivity contribution in [1.82, 2.24) is 19.1 Å². The van der Waals surface area contributed by atoms with Crippen LogP contribution in [0.15, 0.2) is 23.0 Å². The number of benzene rings is 1. The molecule has 0 spiro atoms. The van der Waals surface area contributed by atoms with E-state index in [4.69, 9.17) is 9.47 Å². The molecule has 2 aliphatic rings. The highest BCUT2D eigenvalue weighted by Crippen LogP contribution is 2.36. The van der Waals surface area contributed by atoms with Crippen LogP contribution in [0.4, 0.5) is 0 Å². The highest BCUT2D eigenvalue weighted by Gasteiger charge is 2.30. The van der Waals surface area contributed by atoms with E-state index in [1.165, 1.54) is 4.68 Å². The van der Waals surface area contributed by atoms with Crippen molar-refractivity contribution in [2.45, 2.75) is 58.7 Å². The average Bonchev–Trinajstić information content (AvgIpc) is 3.25. The van der Waals surface area contributed by atoms with Gasteiger partial charge in [0, 0.05) is 23.5 Å². The smallest absolute Gasteiger partial charge is 0.351 e. The maximum atomic E-state index is 13.2. The van der Waals surface area contributed by atoms with Gasteiger partial charge in [-0.3, -0.25) is 4.79 Å². The van der Waals surface area contributed by atoms with Gasteiger partial charge in [0.2, 0.25) is 12.7 Å². The second-order valence-electron chi connectivity index (χ2n) is 8.12. The standard InChI is InChI=1S/C21H24N4O4/c1-12-7-15-8-17-18(29-11-28-17)9-16(15)25-20(12)22-23(21(25)27)10-19(26)24-13(2)5-4-6-14(24)3/h7-9,13-14H,4-6,10-11H2,1-3H3/t13-,14+. The first-order valence-electron chi connectivity index (χ1n) is 10.1. The van der Waals surface area contributed by atoms with Gasteiger partial charge in [0.25, 0.3) is 0 Å². The van der Waals surface area contributed by atoms with Crippen molar-refractivity contribution >= 4 is 22.5 Å². The number of pyridine rings is 1. The van der Waals surface area contributed by atoms with Gasteiger partial charge < -0.3 is 14.4 Å². The molecule has 2 aliphatic heterocycles. The van der Waals surface area contributed by atoms with E-state index in [1.54, 1.807) is 10.5 Å². The molecule has 5 rings (SSSR count). The molecule has 0 N–H and O–H groups in total. The van der Waals surface area contributed by atoms with Gasteiger partial charge in [-0.15, -0.1) is 5.10 Å². The lowest BCUT2D eigenvalue weighted by Crippen LogP contribution is -2.49. The molecule has 4 heterocycles. The Bertz CT molecular complexity index is 1190. The average molecular weight is 396 g/mol. The molecule has 0 aliphatic carbocycles. The minimum absolute atomic E-state index is 0.0549. The van der Waals surface area contributed by atoms with Crippen molar-refractivity contribution < 1.29 is 14.3 Å². The maximum absolute atomic E-state index is 13.2. The number of nitrogens with zero attached hydrogens (tertiary/aromatic N) is 4. The number of hydrogen-bond acceptors (Lipinski definition) is 5. The number of hydrogen-bond donors (Lipinski definition) is 0. The zero-order valence-corrected chi connectivity index (χ0v) is 16.8. The molecule has 2 aromatic heterocycles. The molecule has 1 fully saturated rings. The van der Waals surface area contributed by atoms with Crippen LogP contribution in [-0.4, -0.2) is 43.9 Å². The summed E-state index contributed by atoms with van der Waals surface area (Å²) in [5.41, 5.74) is 1.78. The van der Waals surface area contributed by atoms with Gasteiger partial charge >= 0.3 is 5.69 Å². The number of carbonyl (C=O) groups is 1. The van der Waals surface area contributed by atoms with E-state index in [0.29, 0.717) is 22.7 Å². The van der Waals surface area contributed by atoms with Crippen LogP contribution in [0.2, 0.25) is 0 Å². The number of aromatic nitrogens is 3. The monoisotopic (exact) mass is 396 g/mol. The topological polar surface area (TPSA) is 78.1 Å². The van der Waals surface area contributed by atoms with Crippen LogP contribution in [0.5, 0.6) is 11.5 Å². The number of aryl methyl sites for hydroxylation is 1. The summed E-state index contributed by atoms with van der Waals surface area (Å²) in [6, 6.07) is 6.01. The van der Waals surface area contributed by atoms with Gasteiger partial charge in [-0.05, 0) is 57.7 Å². The van der Waals surface area contributed by atoms with E-state index in [0.717, 1.165) is 30.2 Å². The summed E-state index contributed by atoms with van der Waals surface area (Å²) in [6.07, 6.45) is 3.11. The van der Waals surface area contributed by atoms with Crippen LogP contribution in [-0.2, 0) is 11.3 Å². The zero-order valence-electron chi connectivity index (χ0n) is 16.8. The number of likely N-dealkylation sites (tertiary alicyclic amines) is 1. The lowest BCUT2D eigenvalue weighted by molar-refractivity contribution is -0.138. The van der Waals surface area contributed by atoms with Gasteiger partial charge in [0.15, 0.2) is 17.1 Å². The summed E-state index contributed by atoms with van der Waals surface area (Å²) >= 11 is 0. The third-order valence-electron chi connectivity index (χ3n) is 6.09. The van der Waals surface area contributed by atoms with Crippen molar-refractivity contribution in [3.8, 4) is 11.5 Å². The van der Waals surface area contributed by atoms with Crippen LogP contribution in [0.1, 0.15) is 38.7 Å². The molecule has 0 saturated carbocycles. The maximum Gasteiger partial charge on any atom is 0.351 e. The van der Waals surface area contributed by atoms with Gasteiger partial charge in [-0.2, -0.15) is 0 Å². The van der Waals surface area contributed by atoms with Gasteiger partial charge in [0.1, 0.15) is 6.54 Å². The molecule has 8 nitrogen and oxygen atoms in total. The fraction of sp³-hybridized carbons (Fsp3) is 0.476. The Morgan fingerprint density at radius 2 is 1.83 bits per heavy atom. The SMILES string of the molecule is Cc1cc2cc3c(cc2n2c(=O)n(CC(=O)N4[C@H](C)CCC[C@@H]4C)nc12)OCO3. The molecule has 8 heteroatoms. The molecule has 1 aromatic carbocycles. The Labute approximate surface area is 167 Å². The first-order valence-corrected chi connectivity index (χ1v) is 10.1. The number of fused-ring (bicyclic) bond motifs is 4. The predicted octanol–water partition coefficient (Wildman–Crippen LogP) is 2.48. The van der Waals surface area contributed by atoms with Crippen molar-refractivity contribution in [3.05, 3.63) is 34.2 Å². The molecule has 0 radical (unpaired) electrons. The van der Waals surface area contributed by atoms with Crippen LogP contribution >= 0.6 is 0 Å². The van der Waals surface area contributed by atoms with E-state index in [9.17, 15) is 9.59 Å². The minimum Gasteiger partial charge on any atom is -0.454 e. The summed E-state index contributed by atoms with van der Waals surface area (Å²) in [4.78, 5) is 28.1. The fourth-order valence-corrected chi connectivity index (χ4v) is 4.66. The molecule has 0 bridgehead atoms. The predicted molar refractivity (Wildman–Crippen MR) is 107 cm³/mol. The van der Waals surface area contributed by atoms with E-state index < -0.39 is 0 Å². The third-order valence-corrected chi connectivity index (χ3v) is 6.09. The summed E-state index contributed by atoms with van der Waals surface area (Å²) in [7, 11) is 0. The van der Waals surface area contributed by atoms with E-state index in [1.807, 2.05) is 24.0 Å². The number of amides is 1. The Morgan fingerprint density at radius 3 is 2.55 bits per heavy atom.